The van der Waals surface area contributed by atoms with Crippen LogP contribution in [0.25, 0.3) is 0 Å². The van der Waals surface area contributed by atoms with E-state index < -0.39 is 0 Å². The summed E-state index contributed by atoms with van der Waals surface area (Å²) in [4.78, 5) is 31.3. The fourth-order valence-corrected chi connectivity index (χ4v) is 4.27. The van der Waals surface area contributed by atoms with Gasteiger partial charge in [-0.1, -0.05) is 32.4 Å². The monoisotopic (exact) mass is 407 g/mol. The first kappa shape index (κ1) is 20.7. The topological polar surface area (TPSA) is 71.1 Å². The SMILES string of the molecule is CCCc1sc(C(=O)Nc2cccc(C(=O)NCc3ccccn3)c2)cc1CC. The number of nitrogens with one attached hydrogen (secondary N) is 2. The molecule has 3 aromatic rings. The van der Waals surface area contributed by atoms with E-state index in [1.165, 1.54) is 10.4 Å². The Hall–Kier alpha value is -2.99. The van der Waals surface area contributed by atoms with Crippen molar-refractivity contribution in [1.82, 2.24) is 10.3 Å². The Morgan fingerprint density at radius 1 is 1.03 bits per heavy atom. The highest BCUT2D eigenvalue weighted by atomic mass is 32.1. The third kappa shape index (κ3) is 5.51. The number of carbonyl (C=O) groups excluding carboxylic acids is 2. The number of pyridine rings is 1. The Balaban J connectivity index is 1.66. The van der Waals surface area contributed by atoms with Crippen LogP contribution in [0.4, 0.5) is 5.69 Å². The summed E-state index contributed by atoms with van der Waals surface area (Å²) in [6.07, 6.45) is 4.67. The van der Waals surface area contributed by atoms with Gasteiger partial charge in [-0.05, 0) is 54.8 Å². The van der Waals surface area contributed by atoms with Crippen molar-refractivity contribution in [2.75, 3.05) is 5.32 Å². The van der Waals surface area contributed by atoms with Crippen LogP contribution in [0.2, 0.25) is 0 Å². The van der Waals surface area contributed by atoms with E-state index in [2.05, 4.69) is 29.5 Å². The van der Waals surface area contributed by atoms with E-state index in [-0.39, 0.29) is 11.8 Å². The molecule has 3 rings (SSSR count). The summed E-state index contributed by atoms with van der Waals surface area (Å²) >= 11 is 1.55. The number of carbonyl (C=O) groups is 2. The molecule has 0 atom stereocenters. The maximum absolute atomic E-state index is 12.7. The van der Waals surface area contributed by atoms with E-state index in [0.717, 1.165) is 25.0 Å². The number of aromatic nitrogens is 1. The summed E-state index contributed by atoms with van der Waals surface area (Å²) in [5.41, 5.74) is 3.12. The van der Waals surface area contributed by atoms with Crippen molar-refractivity contribution in [2.45, 2.75) is 39.7 Å². The van der Waals surface area contributed by atoms with Crippen molar-refractivity contribution in [3.63, 3.8) is 0 Å². The van der Waals surface area contributed by atoms with Crippen LogP contribution in [0.5, 0.6) is 0 Å². The molecule has 2 amide bonds. The lowest BCUT2D eigenvalue weighted by Crippen LogP contribution is -2.23. The zero-order chi connectivity index (χ0) is 20.6. The van der Waals surface area contributed by atoms with Crippen molar-refractivity contribution < 1.29 is 9.59 Å². The Bertz CT molecular complexity index is 983. The highest BCUT2D eigenvalue weighted by molar-refractivity contribution is 7.14. The van der Waals surface area contributed by atoms with Gasteiger partial charge in [0.25, 0.3) is 11.8 Å². The van der Waals surface area contributed by atoms with Gasteiger partial charge in [0.2, 0.25) is 0 Å². The molecule has 0 aliphatic heterocycles. The second-order valence-corrected chi connectivity index (χ2v) is 7.84. The van der Waals surface area contributed by atoms with Gasteiger partial charge in [0.05, 0.1) is 17.1 Å². The Morgan fingerprint density at radius 2 is 1.90 bits per heavy atom. The third-order valence-electron chi connectivity index (χ3n) is 4.52. The Morgan fingerprint density at radius 3 is 2.62 bits per heavy atom. The fourth-order valence-electron chi connectivity index (χ4n) is 3.02. The van der Waals surface area contributed by atoms with Gasteiger partial charge < -0.3 is 10.6 Å². The molecule has 2 heterocycles. The van der Waals surface area contributed by atoms with E-state index in [1.54, 1.807) is 41.8 Å². The Labute approximate surface area is 175 Å². The van der Waals surface area contributed by atoms with Crippen molar-refractivity contribution in [2.24, 2.45) is 0 Å². The lowest BCUT2D eigenvalue weighted by atomic mass is 10.1. The van der Waals surface area contributed by atoms with Crippen molar-refractivity contribution in [1.29, 1.82) is 0 Å². The largest absolute Gasteiger partial charge is 0.346 e. The quantitative estimate of drug-likeness (QED) is 0.561. The van der Waals surface area contributed by atoms with Gasteiger partial charge in [0, 0.05) is 22.3 Å². The first-order valence-electron chi connectivity index (χ1n) is 9.81. The summed E-state index contributed by atoms with van der Waals surface area (Å²) in [6, 6.07) is 14.5. The van der Waals surface area contributed by atoms with Gasteiger partial charge in [-0.15, -0.1) is 11.3 Å². The van der Waals surface area contributed by atoms with Crippen molar-refractivity contribution >= 4 is 28.8 Å². The number of anilines is 1. The first-order chi connectivity index (χ1) is 14.1. The van der Waals surface area contributed by atoms with E-state index >= 15 is 0 Å². The maximum Gasteiger partial charge on any atom is 0.265 e. The van der Waals surface area contributed by atoms with Crippen LogP contribution < -0.4 is 10.6 Å². The number of amides is 2. The van der Waals surface area contributed by atoms with Gasteiger partial charge in [-0.2, -0.15) is 0 Å². The van der Waals surface area contributed by atoms with Crippen LogP contribution in [-0.2, 0) is 19.4 Å². The number of aryl methyl sites for hydroxylation is 2. The van der Waals surface area contributed by atoms with Crippen LogP contribution in [0.15, 0.2) is 54.7 Å². The molecule has 6 heteroatoms. The number of hydrogen-bond donors (Lipinski definition) is 2. The molecule has 0 spiro atoms. The van der Waals surface area contributed by atoms with Crippen LogP contribution in [0, 0.1) is 0 Å². The number of rotatable bonds is 8. The van der Waals surface area contributed by atoms with Crippen LogP contribution in [0.3, 0.4) is 0 Å². The Kier molecular flexibility index (Phi) is 7.14. The standard InChI is InChI=1S/C23H25N3O2S/c1-3-8-20-16(4-2)14-21(29-20)23(28)26-18-11-7-9-17(13-18)22(27)25-15-19-10-5-6-12-24-19/h5-7,9-14H,3-4,8,15H2,1-2H3,(H,25,27)(H,26,28). The molecule has 2 N–H and O–H groups in total. The van der Waals surface area contributed by atoms with Gasteiger partial charge in [-0.25, -0.2) is 0 Å². The minimum absolute atomic E-state index is 0.141. The van der Waals surface area contributed by atoms with E-state index in [1.807, 2.05) is 24.3 Å². The lowest BCUT2D eigenvalue weighted by Gasteiger charge is -2.08. The van der Waals surface area contributed by atoms with Gasteiger partial charge in [-0.3, -0.25) is 14.6 Å². The molecular formula is C23H25N3O2S. The molecule has 0 saturated carbocycles. The second kappa shape index (κ2) is 9.98. The minimum Gasteiger partial charge on any atom is -0.346 e. The number of benzene rings is 1. The average molecular weight is 408 g/mol. The predicted octanol–water partition coefficient (Wildman–Crippen LogP) is 4.84. The van der Waals surface area contributed by atoms with E-state index in [0.29, 0.717) is 22.7 Å². The molecule has 1 aromatic carbocycles. The number of nitrogens with zero attached hydrogens (tertiary/aromatic N) is 1. The molecule has 0 bridgehead atoms. The number of hydrogen-bond acceptors (Lipinski definition) is 4. The molecule has 5 nitrogen and oxygen atoms in total. The highest BCUT2D eigenvalue weighted by Gasteiger charge is 2.14. The summed E-state index contributed by atoms with van der Waals surface area (Å²) in [5.74, 6) is -0.348. The van der Waals surface area contributed by atoms with Crippen LogP contribution in [0.1, 0.15) is 56.4 Å². The molecule has 0 aliphatic carbocycles. The molecule has 0 unspecified atom stereocenters. The third-order valence-corrected chi connectivity index (χ3v) is 5.75. The zero-order valence-corrected chi connectivity index (χ0v) is 17.5. The van der Waals surface area contributed by atoms with Crippen molar-refractivity contribution in [3.05, 3.63) is 81.3 Å². The van der Waals surface area contributed by atoms with Gasteiger partial charge >= 0.3 is 0 Å². The molecule has 0 aliphatic rings. The molecule has 29 heavy (non-hydrogen) atoms. The summed E-state index contributed by atoms with van der Waals surface area (Å²) in [7, 11) is 0. The first-order valence-corrected chi connectivity index (χ1v) is 10.6. The highest BCUT2D eigenvalue weighted by Crippen LogP contribution is 2.25. The molecular weight excluding hydrogens is 382 g/mol. The minimum atomic E-state index is -0.207. The molecule has 0 radical (unpaired) electrons. The maximum atomic E-state index is 12.7. The zero-order valence-electron chi connectivity index (χ0n) is 16.7. The van der Waals surface area contributed by atoms with E-state index in [9.17, 15) is 9.59 Å². The second-order valence-electron chi connectivity index (χ2n) is 6.70. The molecule has 2 aromatic heterocycles. The molecule has 0 fully saturated rings. The predicted molar refractivity (Wildman–Crippen MR) is 117 cm³/mol. The average Bonchev–Trinajstić information content (AvgIpc) is 3.16. The number of thiophene rings is 1. The summed E-state index contributed by atoms with van der Waals surface area (Å²) in [6.45, 7) is 4.60. The molecule has 0 saturated heterocycles. The van der Waals surface area contributed by atoms with Crippen LogP contribution in [-0.4, -0.2) is 16.8 Å². The van der Waals surface area contributed by atoms with Gasteiger partial charge in [0.15, 0.2) is 0 Å². The fraction of sp³-hybridized carbons (Fsp3) is 0.261. The van der Waals surface area contributed by atoms with Crippen LogP contribution >= 0.6 is 11.3 Å². The van der Waals surface area contributed by atoms with Crippen molar-refractivity contribution in [3.8, 4) is 0 Å². The summed E-state index contributed by atoms with van der Waals surface area (Å²) < 4.78 is 0. The lowest BCUT2D eigenvalue weighted by molar-refractivity contribution is 0.0949. The molecule has 150 valence electrons. The smallest absolute Gasteiger partial charge is 0.265 e. The van der Waals surface area contributed by atoms with E-state index in [4.69, 9.17) is 0 Å². The summed E-state index contributed by atoms with van der Waals surface area (Å²) in [5, 5.41) is 5.76. The van der Waals surface area contributed by atoms with Gasteiger partial charge in [0.1, 0.15) is 0 Å². The normalized spacial score (nSPS) is 10.6.